The Morgan fingerprint density at radius 2 is 0.857 bits per heavy atom. The molecule has 0 aliphatic heterocycles. The third kappa shape index (κ3) is 6.15. The summed E-state index contributed by atoms with van der Waals surface area (Å²) in [7, 11) is 9.07. The molecule has 0 unspecified atom stereocenters. The van der Waals surface area contributed by atoms with E-state index in [1.165, 1.54) is 54.8 Å². The van der Waals surface area contributed by atoms with Crippen LogP contribution < -0.4 is 28.4 Å². The minimum atomic E-state index is -1.28. The third-order valence-electron chi connectivity index (χ3n) is 5.46. The molecule has 0 N–H and O–H groups in total. The fourth-order valence-corrected chi connectivity index (χ4v) is 3.28. The standard InChI is InChI=1S/C27H32O8/c1-27(2,23(28)11-9-17-13-19(30-3)25(34-7)20(14-17)31-4)24(29)12-10-18-15-21(32-5)26(35-8)22(16-18)33-6/h9-16H,1-8H3/b11-9+,12-10+. The van der Waals surface area contributed by atoms with E-state index >= 15 is 0 Å². The lowest BCUT2D eigenvalue weighted by Gasteiger charge is -2.18. The van der Waals surface area contributed by atoms with Gasteiger partial charge in [0.25, 0.3) is 0 Å². The summed E-state index contributed by atoms with van der Waals surface area (Å²) < 4.78 is 32.0. The zero-order chi connectivity index (χ0) is 26.2. The van der Waals surface area contributed by atoms with Crippen molar-refractivity contribution in [2.45, 2.75) is 13.8 Å². The molecule has 0 saturated carbocycles. The highest BCUT2D eigenvalue weighted by Crippen LogP contribution is 2.39. The Kier molecular flexibility index (Phi) is 9.34. The zero-order valence-corrected chi connectivity index (χ0v) is 21.4. The Morgan fingerprint density at radius 3 is 1.09 bits per heavy atom. The summed E-state index contributed by atoms with van der Waals surface area (Å²) in [5.74, 6) is 2.03. The largest absolute Gasteiger partial charge is 0.493 e. The Labute approximate surface area is 206 Å². The molecule has 0 radical (unpaired) electrons. The maximum atomic E-state index is 12.9. The molecule has 2 aromatic rings. The lowest BCUT2D eigenvalue weighted by atomic mass is 9.82. The summed E-state index contributed by atoms with van der Waals surface area (Å²) in [5.41, 5.74) is 0.0296. The van der Waals surface area contributed by atoms with Crippen LogP contribution in [0.5, 0.6) is 34.5 Å². The molecule has 2 rings (SSSR count). The van der Waals surface area contributed by atoms with Gasteiger partial charge < -0.3 is 28.4 Å². The van der Waals surface area contributed by atoms with E-state index < -0.39 is 5.41 Å². The molecule has 8 heteroatoms. The molecule has 0 aliphatic carbocycles. The van der Waals surface area contributed by atoms with Gasteiger partial charge in [0.1, 0.15) is 0 Å². The molecule has 2 aromatic carbocycles. The molecular formula is C27H32O8. The number of carbonyl (C=O) groups excluding carboxylic acids is 2. The van der Waals surface area contributed by atoms with E-state index in [-0.39, 0.29) is 11.6 Å². The van der Waals surface area contributed by atoms with Crippen LogP contribution in [0.3, 0.4) is 0 Å². The van der Waals surface area contributed by atoms with Crippen LogP contribution in [0.2, 0.25) is 0 Å². The number of hydrogen-bond acceptors (Lipinski definition) is 8. The van der Waals surface area contributed by atoms with Crippen LogP contribution in [0.4, 0.5) is 0 Å². The van der Waals surface area contributed by atoms with Crippen LogP contribution >= 0.6 is 0 Å². The predicted octanol–water partition coefficient (Wildman–Crippen LogP) is 4.63. The Balaban J connectivity index is 2.26. The van der Waals surface area contributed by atoms with E-state index in [9.17, 15) is 9.59 Å². The molecule has 0 aromatic heterocycles. The van der Waals surface area contributed by atoms with Gasteiger partial charge in [-0.15, -0.1) is 0 Å². The van der Waals surface area contributed by atoms with Crippen LogP contribution in [0.15, 0.2) is 36.4 Å². The Bertz CT molecular complexity index is 990. The van der Waals surface area contributed by atoms with E-state index in [1.807, 2.05) is 0 Å². The topological polar surface area (TPSA) is 89.5 Å². The first-order chi connectivity index (χ1) is 16.7. The van der Waals surface area contributed by atoms with Crippen molar-refractivity contribution in [2.75, 3.05) is 42.7 Å². The van der Waals surface area contributed by atoms with E-state index in [0.29, 0.717) is 45.6 Å². The van der Waals surface area contributed by atoms with Crippen molar-refractivity contribution in [1.29, 1.82) is 0 Å². The summed E-state index contributed by atoms with van der Waals surface area (Å²) in [4.78, 5) is 25.8. The van der Waals surface area contributed by atoms with Crippen molar-refractivity contribution in [3.05, 3.63) is 47.5 Å². The minimum Gasteiger partial charge on any atom is -0.493 e. The van der Waals surface area contributed by atoms with Crippen molar-refractivity contribution < 1.29 is 38.0 Å². The second kappa shape index (κ2) is 12.0. The molecule has 8 nitrogen and oxygen atoms in total. The smallest absolute Gasteiger partial charge is 0.203 e. The fraction of sp³-hybridized carbons (Fsp3) is 0.333. The van der Waals surface area contributed by atoms with E-state index in [1.54, 1.807) is 50.3 Å². The summed E-state index contributed by atoms with van der Waals surface area (Å²) >= 11 is 0. The van der Waals surface area contributed by atoms with E-state index in [2.05, 4.69) is 0 Å². The predicted molar refractivity (Wildman–Crippen MR) is 134 cm³/mol. The highest BCUT2D eigenvalue weighted by Gasteiger charge is 2.32. The lowest BCUT2D eigenvalue weighted by molar-refractivity contribution is -0.132. The molecule has 0 heterocycles. The number of rotatable bonds is 12. The van der Waals surface area contributed by atoms with Crippen molar-refractivity contribution in [2.24, 2.45) is 5.41 Å². The van der Waals surface area contributed by atoms with Crippen LogP contribution in [0.1, 0.15) is 25.0 Å². The highest BCUT2D eigenvalue weighted by atomic mass is 16.5. The summed E-state index contributed by atoms with van der Waals surface area (Å²) in [5, 5.41) is 0. The average molecular weight is 485 g/mol. The maximum Gasteiger partial charge on any atom is 0.203 e. The number of methoxy groups -OCH3 is 6. The van der Waals surface area contributed by atoms with Gasteiger partial charge in [0.2, 0.25) is 11.5 Å². The van der Waals surface area contributed by atoms with Gasteiger partial charge in [0.05, 0.1) is 48.1 Å². The number of ether oxygens (including phenoxy) is 6. The number of allylic oxidation sites excluding steroid dienone is 2. The van der Waals surface area contributed by atoms with E-state index in [4.69, 9.17) is 28.4 Å². The number of ketones is 2. The van der Waals surface area contributed by atoms with Crippen LogP contribution in [0.25, 0.3) is 12.2 Å². The molecule has 35 heavy (non-hydrogen) atoms. The van der Waals surface area contributed by atoms with Gasteiger partial charge in [-0.1, -0.05) is 12.2 Å². The van der Waals surface area contributed by atoms with Gasteiger partial charge >= 0.3 is 0 Å². The van der Waals surface area contributed by atoms with Gasteiger partial charge in [-0.05, 0) is 61.4 Å². The fourth-order valence-electron chi connectivity index (χ4n) is 3.28. The van der Waals surface area contributed by atoms with Crippen molar-refractivity contribution in [1.82, 2.24) is 0 Å². The first-order valence-electron chi connectivity index (χ1n) is 10.7. The zero-order valence-electron chi connectivity index (χ0n) is 21.4. The molecule has 0 fully saturated rings. The van der Waals surface area contributed by atoms with Crippen LogP contribution in [-0.2, 0) is 9.59 Å². The van der Waals surface area contributed by atoms with Gasteiger partial charge in [0, 0.05) is 0 Å². The normalized spacial score (nSPS) is 11.4. The molecule has 0 spiro atoms. The molecular weight excluding hydrogens is 452 g/mol. The third-order valence-corrected chi connectivity index (χ3v) is 5.46. The number of hydrogen-bond donors (Lipinski definition) is 0. The first-order valence-corrected chi connectivity index (χ1v) is 10.7. The first kappa shape index (κ1) is 27.3. The Hall–Kier alpha value is -3.94. The van der Waals surface area contributed by atoms with Gasteiger partial charge in [0.15, 0.2) is 34.6 Å². The number of benzene rings is 2. The van der Waals surface area contributed by atoms with Crippen molar-refractivity contribution in [3.8, 4) is 34.5 Å². The Morgan fingerprint density at radius 1 is 0.571 bits per heavy atom. The molecule has 188 valence electrons. The van der Waals surface area contributed by atoms with Gasteiger partial charge in [-0.2, -0.15) is 0 Å². The molecule has 0 bridgehead atoms. The molecule has 0 aliphatic rings. The van der Waals surface area contributed by atoms with Gasteiger partial charge in [-0.3, -0.25) is 9.59 Å². The summed E-state index contributed by atoms with van der Waals surface area (Å²) in [6, 6.07) is 6.85. The van der Waals surface area contributed by atoms with Crippen LogP contribution in [-0.4, -0.2) is 54.2 Å². The van der Waals surface area contributed by atoms with E-state index in [0.717, 1.165) is 0 Å². The quantitative estimate of drug-likeness (QED) is 0.318. The highest BCUT2D eigenvalue weighted by molar-refractivity contribution is 6.16. The maximum absolute atomic E-state index is 12.9. The number of carbonyl (C=O) groups is 2. The summed E-state index contributed by atoms with van der Waals surface area (Å²) in [6.07, 6.45) is 5.94. The SMILES string of the molecule is COc1cc(/C=C/C(=O)C(C)(C)C(=O)/C=C/c2cc(OC)c(OC)c(OC)c2)cc(OC)c1OC. The average Bonchev–Trinajstić information content (AvgIpc) is 2.88. The van der Waals surface area contributed by atoms with Crippen LogP contribution in [0, 0.1) is 5.41 Å². The second-order valence-corrected chi connectivity index (χ2v) is 7.94. The molecule has 0 atom stereocenters. The van der Waals surface area contributed by atoms with Crippen molar-refractivity contribution >= 4 is 23.7 Å². The molecule has 0 saturated heterocycles. The lowest BCUT2D eigenvalue weighted by Crippen LogP contribution is -2.30. The summed E-state index contributed by atoms with van der Waals surface area (Å²) in [6.45, 7) is 3.16. The monoisotopic (exact) mass is 484 g/mol. The van der Waals surface area contributed by atoms with Gasteiger partial charge in [-0.25, -0.2) is 0 Å². The minimum absolute atomic E-state index is 0.356. The molecule has 0 amide bonds. The van der Waals surface area contributed by atoms with Crippen molar-refractivity contribution in [3.63, 3.8) is 0 Å². The second-order valence-electron chi connectivity index (χ2n) is 7.94.